The summed E-state index contributed by atoms with van der Waals surface area (Å²) < 4.78 is 0. The molecule has 4 rings (SSSR count). The lowest BCUT2D eigenvalue weighted by molar-refractivity contribution is 0.0951. The van der Waals surface area contributed by atoms with Crippen LogP contribution in [0.25, 0.3) is 10.9 Å². The zero-order valence-electron chi connectivity index (χ0n) is 18.8. The molecule has 2 heterocycles. The van der Waals surface area contributed by atoms with Crippen molar-refractivity contribution < 1.29 is 4.79 Å². The quantitative estimate of drug-likeness (QED) is 0.541. The minimum Gasteiger partial charge on any atom is -0.358 e. The van der Waals surface area contributed by atoms with Crippen molar-refractivity contribution in [1.29, 1.82) is 0 Å². The Hall–Kier alpha value is -2.63. The van der Waals surface area contributed by atoms with Crippen molar-refractivity contribution in [2.24, 2.45) is 0 Å². The van der Waals surface area contributed by atoms with Gasteiger partial charge >= 0.3 is 0 Å². The SMILES string of the molecule is Cc1[nH]c2ccc(C(=O)NCCCCN3CCN(Cc4ccccc4)CC3)cc2c1C. The smallest absolute Gasteiger partial charge is 0.251 e. The summed E-state index contributed by atoms with van der Waals surface area (Å²) in [5.74, 6) is 0.0229. The Morgan fingerprint density at radius 3 is 2.48 bits per heavy atom. The number of rotatable bonds is 8. The van der Waals surface area contributed by atoms with E-state index in [-0.39, 0.29) is 5.91 Å². The predicted molar refractivity (Wildman–Crippen MR) is 127 cm³/mol. The maximum Gasteiger partial charge on any atom is 0.251 e. The Balaban J connectivity index is 1.13. The predicted octanol–water partition coefficient (Wildman–Crippen LogP) is 4.11. The van der Waals surface area contributed by atoms with Crippen LogP contribution in [-0.4, -0.2) is 60.0 Å². The zero-order valence-corrected chi connectivity index (χ0v) is 18.8. The summed E-state index contributed by atoms with van der Waals surface area (Å²) >= 11 is 0. The molecule has 0 spiro atoms. The first-order valence-electron chi connectivity index (χ1n) is 11.5. The van der Waals surface area contributed by atoms with E-state index in [1.54, 1.807) is 0 Å². The number of piperazine rings is 1. The summed E-state index contributed by atoms with van der Waals surface area (Å²) in [5, 5.41) is 4.22. The number of nitrogens with one attached hydrogen (secondary N) is 2. The van der Waals surface area contributed by atoms with Gasteiger partial charge in [-0.1, -0.05) is 30.3 Å². The molecule has 1 amide bonds. The molecule has 0 atom stereocenters. The van der Waals surface area contributed by atoms with Crippen LogP contribution in [0.3, 0.4) is 0 Å². The standard InChI is InChI=1S/C26H34N4O/c1-20-21(2)28-25-11-10-23(18-24(20)25)26(31)27-12-6-7-13-29-14-16-30(17-15-29)19-22-8-4-3-5-9-22/h3-5,8-11,18,28H,6-7,12-17,19H2,1-2H3,(H,27,31). The van der Waals surface area contributed by atoms with Crippen LogP contribution in [0.2, 0.25) is 0 Å². The van der Waals surface area contributed by atoms with Crippen LogP contribution in [0.4, 0.5) is 0 Å². The normalized spacial score (nSPS) is 15.4. The van der Waals surface area contributed by atoms with Gasteiger partial charge < -0.3 is 15.2 Å². The van der Waals surface area contributed by atoms with Gasteiger partial charge in [0, 0.05) is 61.4 Å². The number of carbonyl (C=O) groups is 1. The van der Waals surface area contributed by atoms with Gasteiger partial charge in [0.15, 0.2) is 0 Å². The number of unbranched alkanes of at least 4 members (excludes halogenated alkanes) is 1. The first-order valence-corrected chi connectivity index (χ1v) is 11.5. The van der Waals surface area contributed by atoms with Crippen molar-refractivity contribution in [3.63, 3.8) is 0 Å². The number of benzene rings is 2. The molecule has 2 N–H and O–H groups in total. The third-order valence-electron chi connectivity index (χ3n) is 6.47. The Labute approximate surface area is 185 Å². The highest BCUT2D eigenvalue weighted by atomic mass is 16.1. The van der Waals surface area contributed by atoms with Crippen molar-refractivity contribution >= 4 is 16.8 Å². The fraction of sp³-hybridized carbons (Fsp3) is 0.423. The van der Waals surface area contributed by atoms with E-state index >= 15 is 0 Å². The average molecular weight is 419 g/mol. The maximum atomic E-state index is 12.5. The third-order valence-corrected chi connectivity index (χ3v) is 6.47. The van der Waals surface area contributed by atoms with Crippen LogP contribution in [0.5, 0.6) is 0 Å². The number of H-pyrrole nitrogens is 1. The Morgan fingerprint density at radius 2 is 1.71 bits per heavy atom. The molecule has 0 radical (unpaired) electrons. The van der Waals surface area contributed by atoms with E-state index < -0.39 is 0 Å². The Morgan fingerprint density at radius 1 is 0.968 bits per heavy atom. The van der Waals surface area contributed by atoms with E-state index in [0.717, 1.165) is 80.8 Å². The second-order valence-electron chi connectivity index (χ2n) is 8.70. The fourth-order valence-corrected chi connectivity index (χ4v) is 4.38. The van der Waals surface area contributed by atoms with Gasteiger partial charge in [-0.2, -0.15) is 0 Å². The van der Waals surface area contributed by atoms with Gasteiger partial charge in [0.1, 0.15) is 0 Å². The second-order valence-corrected chi connectivity index (χ2v) is 8.70. The number of aromatic amines is 1. The number of aromatic nitrogens is 1. The molecule has 31 heavy (non-hydrogen) atoms. The van der Waals surface area contributed by atoms with E-state index in [9.17, 15) is 4.79 Å². The van der Waals surface area contributed by atoms with Gasteiger partial charge in [0.2, 0.25) is 0 Å². The third kappa shape index (κ3) is 5.54. The van der Waals surface area contributed by atoms with Gasteiger partial charge in [0.25, 0.3) is 5.91 Å². The summed E-state index contributed by atoms with van der Waals surface area (Å²) in [5.41, 5.74) is 5.61. The number of aryl methyl sites for hydroxylation is 2. The van der Waals surface area contributed by atoms with Gasteiger partial charge in [-0.15, -0.1) is 0 Å². The molecule has 1 fully saturated rings. The number of hydrogen-bond acceptors (Lipinski definition) is 3. The fourth-order valence-electron chi connectivity index (χ4n) is 4.38. The average Bonchev–Trinajstić information content (AvgIpc) is 3.08. The lowest BCUT2D eigenvalue weighted by Crippen LogP contribution is -2.46. The maximum absolute atomic E-state index is 12.5. The molecular formula is C26H34N4O. The Kier molecular flexibility index (Phi) is 7.05. The number of fused-ring (bicyclic) bond motifs is 1. The summed E-state index contributed by atoms with van der Waals surface area (Å²) in [6.07, 6.45) is 2.13. The molecule has 164 valence electrons. The van der Waals surface area contributed by atoms with E-state index in [0.29, 0.717) is 0 Å². The van der Waals surface area contributed by atoms with Crippen molar-refractivity contribution in [2.45, 2.75) is 33.2 Å². The molecule has 1 aliphatic rings. The molecule has 5 heteroatoms. The van der Waals surface area contributed by atoms with Crippen molar-refractivity contribution in [1.82, 2.24) is 20.1 Å². The number of carbonyl (C=O) groups excluding carboxylic acids is 1. The molecule has 0 unspecified atom stereocenters. The molecule has 2 aromatic carbocycles. The minimum atomic E-state index is 0.0229. The molecule has 0 saturated carbocycles. The van der Waals surface area contributed by atoms with Crippen LogP contribution >= 0.6 is 0 Å². The van der Waals surface area contributed by atoms with Gasteiger partial charge in [-0.25, -0.2) is 0 Å². The van der Waals surface area contributed by atoms with E-state index in [1.165, 1.54) is 11.1 Å². The van der Waals surface area contributed by atoms with Crippen molar-refractivity contribution in [3.8, 4) is 0 Å². The van der Waals surface area contributed by atoms with E-state index in [2.05, 4.69) is 64.3 Å². The van der Waals surface area contributed by atoms with E-state index in [4.69, 9.17) is 0 Å². The van der Waals surface area contributed by atoms with Crippen LogP contribution in [-0.2, 0) is 6.54 Å². The van der Waals surface area contributed by atoms with Crippen molar-refractivity contribution in [3.05, 3.63) is 70.9 Å². The first-order chi connectivity index (χ1) is 15.1. The molecule has 3 aromatic rings. The van der Waals surface area contributed by atoms with Gasteiger partial charge in [-0.3, -0.25) is 9.69 Å². The topological polar surface area (TPSA) is 51.4 Å². The molecule has 0 aliphatic carbocycles. The minimum absolute atomic E-state index is 0.0229. The molecule has 5 nitrogen and oxygen atoms in total. The van der Waals surface area contributed by atoms with Crippen molar-refractivity contribution in [2.75, 3.05) is 39.3 Å². The largest absolute Gasteiger partial charge is 0.358 e. The molecule has 0 bridgehead atoms. The summed E-state index contributed by atoms with van der Waals surface area (Å²) in [7, 11) is 0. The molecule has 1 aromatic heterocycles. The highest BCUT2D eigenvalue weighted by Gasteiger charge is 2.16. The first kappa shape index (κ1) is 21.6. The van der Waals surface area contributed by atoms with Crippen LogP contribution < -0.4 is 5.32 Å². The zero-order chi connectivity index (χ0) is 21.6. The van der Waals surface area contributed by atoms with Crippen LogP contribution in [0.1, 0.15) is 40.0 Å². The van der Waals surface area contributed by atoms with Gasteiger partial charge in [-0.05, 0) is 62.6 Å². The highest BCUT2D eigenvalue weighted by Crippen LogP contribution is 2.22. The lowest BCUT2D eigenvalue weighted by Gasteiger charge is -2.34. The monoisotopic (exact) mass is 418 g/mol. The van der Waals surface area contributed by atoms with Crippen LogP contribution in [0, 0.1) is 13.8 Å². The van der Waals surface area contributed by atoms with E-state index in [1.807, 2.05) is 18.2 Å². The number of nitrogens with zero attached hydrogens (tertiary/aromatic N) is 2. The molecular weight excluding hydrogens is 384 g/mol. The number of amides is 1. The molecule has 1 aliphatic heterocycles. The second kappa shape index (κ2) is 10.1. The molecule has 1 saturated heterocycles. The van der Waals surface area contributed by atoms with Crippen LogP contribution in [0.15, 0.2) is 48.5 Å². The summed E-state index contributed by atoms with van der Waals surface area (Å²) in [6, 6.07) is 16.6. The Bertz CT molecular complexity index is 1000. The highest BCUT2D eigenvalue weighted by molar-refractivity contribution is 5.99. The summed E-state index contributed by atoms with van der Waals surface area (Å²) in [6.45, 7) is 11.6. The lowest BCUT2D eigenvalue weighted by atomic mass is 10.1. The summed E-state index contributed by atoms with van der Waals surface area (Å²) in [4.78, 5) is 21.0. The number of hydrogen-bond donors (Lipinski definition) is 2. The van der Waals surface area contributed by atoms with Gasteiger partial charge in [0.05, 0.1) is 0 Å².